The van der Waals surface area contributed by atoms with Crippen LogP contribution in [0, 0.1) is 5.92 Å². The standard InChI is InChI=1S/C13H18N2O4/c14-11(16)10(13(18,19)12(15)17)8-4-7-9-5-2-1-3-6-9/h1-3,5-6,10,18-19H,4,7-8H2,(H2,14,16)(H2,15,17)/t10-/m0/s1. The van der Waals surface area contributed by atoms with E-state index in [1.54, 1.807) is 0 Å². The van der Waals surface area contributed by atoms with Gasteiger partial charge in [-0.3, -0.25) is 9.59 Å². The summed E-state index contributed by atoms with van der Waals surface area (Å²) in [5.74, 6) is -6.65. The van der Waals surface area contributed by atoms with Crippen molar-refractivity contribution >= 4 is 11.8 Å². The highest BCUT2D eigenvalue weighted by Crippen LogP contribution is 2.21. The van der Waals surface area contributed by atoms with Gasteiger partial charge >= 0.3 is 0 Å². The fourth-order valence-corrected chi connectivity index (χ4v) is 1.87. The first-order valence-corrected chi connectivity index (χ1v) is 5.93. The number of benzene rings is 1. The minimum atomic E-state index is -2.90. The topological polar surface area (TPSA) is 127 Å². The number of amides is 2. The van der Waals surface area contributed by atoms with Gasteiger partial charge in [-0.05, 0) is 24.8 Å². The molecule has 2 amide bonds. The first kappa shape index (κ1) is 15.1. The van der Waals surface area contributed by atoms with Crippen molar-refractivity contribution in [2.75, 3.05) is 0 Å². The number of aryl methyl sites for hydroxylation is 1. The number of rotatable bonds is 7. The molecule has 0 aliphatic heterocycles. The van der Waals surface area contributed by atoms with Crippen molar-refractivity contribution in [2.45, 2.75) is 25.0 Å². The molecule has 0 saturated heterocycles. The van der Waals surface area contributed by atoms with Gasteiger partial charge in [-0.1, -0.05) is 30.3 Å². The molecule has 6 N–H and O–H groups in total. The molecule has 0 heterocycles. The van der Waals surface area contributed by atoms with Gasteiger partial charge in [0.05, 0.1) is 0 Å². The van der Waals surface area contributed by atoms with Crippen LogP contribution < -0.4 is 11.5 Å². The molecule has 0 spiro atoms. The van der Waals surface area contributed by atoms with E-state index in [1.807, 2.05) is 30.3 Å². The van der Waals surface area contributed by atoms with Crippen LogP contribution in [-0.2, 0) is 16.0 Å². The highest BCUT2D eigenvalue weighted by Gasteiger charge is 2.43. The summed E-state index contributed by atoms with van der Waals surface area (Å²) in [6, 6.07) is 9.48. The van der Waals surface area contributed by atoms with Crippen LogP contribution >= 0.6 is 0 Å². The van der Waals surface area contributed by atoms with Crippen LogP contribution in [0.25, 0.3) is 0 Å². The molecule has 0 aliphatic rings. The Hall–Kier alpha value is -1.92. The van der Waals surface area contributed by atoms with E-state index in [-0.39, 0.29) is 6.42 Å². The van der Waals surface area contributed by atoms with E-state index >= 15 is 0 Å². The zero-order valence-corrected chi connectivity index (χ0v) is 10.5. The third kappa shape index (κ3) is 4.04. The van der Waals surface area contributed by atoms with E-state index in [9.17, 15) is 19.8 Å². The van der Waals surface area contributed by atoms with Gasteiger partial charge in [-0.15, -0.1) is 0 Å². The minimum Gasteiger partial charge on any atom is -0.369 e. The Morgan fingerprint density at radius 3 is 2.21 bits per heavy atom. The predicted octanol–water partition coefficient (Wildman–Crippen LogP) is -0.723. The summed E-state index contributed by atoms with van der Waals surface area (Å²) >= 11 is 0. The normalized spacial score (nSPS) is 12.9. The lowest BCUT2D eigenvalue weighted by Crippen LogP contribution is -2.54. The average molecular weight is 266 g/mol. The number of aliphatic hydroxyl groups is 2. The van der Waals surface area contributed by atoms with E-state index in [0.29, 0.717) is 12.8 Å². The number of hydrogen-bond acceptors (Lipinski definition) is 4. The van der Waals surface area contributed by atoms with Crippen molar-refractivity contribution in [3.8, 4) is 0 Å². The summed E-state index contributed by atoms with van der Waals surface area (Å²) in [6.45, 7) is 0. The van der Waals surface area contributed by atoms with Crippen LogP contribution in [0.5, 0.6) is 0 Å². The van der Waals surface area contributed by atoms with Crippen molar-refractivity contribution in [2.24, 2.45) is 17.4 Å². The lowest BCUT2D eigenvalue weighted by Gasteiger charge is -2.25. The summed E-state index contributed by atoms with van der Waals surface area (Å²) in [6.07, 6.45) is 1.19. The van der Waals surface area contributed by atoms with Gasteiger partial charge in [0, 0.05) is 0 Å². The maximum absolute atomic E-state index is 11.2. The fourth-order valence-electron chi connectivity index (χ4n) is 1.87. The van der Waals surface area contributed by atoms with Crippen molar-refractivity contribution < 1.29 is 19.8 Å². The fraction of sp³-hybridized carbons (Fsp3) is 0.385. The van der Waals surface area contributed by atoms with Crippen molar-refractivity contribution in [3.05, 3.63) is 35.9 Å². The largest absolute Gasteiger partial charge is 0.369 e. The molecule has 0 aromatic heterocycles. The molecular formula is C13H18N2O4. The van der Waals surface area contributed by atoms with Gasteiger partial charge in [-0.2, -0.15) is 0 Å². The second kappa shape index (κ2) is 6.31. The number of primary amides is 2. The highest BCUT2D eigenvalue weighted by atomic mass is 16.5. The maximum atomic E-state index is 11.2. The SMILES string of the molecule is NC(=O)[C@H](CCCc1ccccc1)C(O)(O)C(N)=O. The van der Waals surface area contributed by atoms with Crippen LogP contribution in [0.4, 0.5) is 0 Å². The Bertz CT molecular complexity index is 445. The zero-order chi connectivity index (χ0) is 14.5. The summed E-state index contributed by atoms with van der Waals surface area (Å²) in [5, 5.41) is 19.0. The Morgan fingerprint density at radius 1 is 1.16 bits per heavy atom. The van der Waals surface area contributed by atoms with Gasteiger partial charge in [0.15, 0.2) is 0 Å². The molecule has 0 unspecified atom stereocenters. The van der Waals surface area contributed by atoms with E-state index in [2.05, 4.69) is 0 Å². The van der Waals surface area contributed by atoms with Gasteiger partial charge in [0.2, 0.25) is 5.91 Å². The molecule has 1 aromatic carbocycles. The molecular weight excluding hydrogens is 248 g/mol. The summed E-state index contributed by atoms with van der Waals surface area (Å²) in [5.41, 5.74) is 11.0. The van der Waals surface area contributed by atoms with Gasteiger partial charge in [-0.25, -0.2) is 0 Å². The monoisotopic (exact) mass is 266 g/mol. The van der Waals surface area contributed by atoms with E-state index in [1.165, 1.54) is 0 Å². The molecule has 1 atom stereocenters. The van der Waals surface area contributed by atoms with Crippen molar-refractivity contribution in [3.63, 3.8) is 0 Å². The van der Waals surface area contributed by atoms with E-state index < -0.39 is 23.5 Å². The molecule has 19 heavy (non-hydrogen) atoms. The first-order valence-electron chi connectivity index (χ1n) is 5.93. The minimum absolute atomic E-state index is 0.0696. The third-order valence-corrected chi connectivity index (χ3v) is 2.99. The molecule has 0 saturated carbocycles. The third-order valence-electron chi connectivity index (χ3n) is 2.99. The Labute approximate surface area is 111 Å². The molecule has 0 bridgehead atoms. The molecule has 6 heteroatoms. The lowest BCUT2D eigenvalue weighted by atomic mass is 9.90. The lowest BCUT2D eigenvalue weighted by molar-refractivity contribution is -0.204. The highest BCUT2D eigenvalue weighted by molar-refractivity contribution is 5.89. The Kier molecular flexibility index (Phi) is 5.02. The molecule has 0 aliphatic carbocycles. The van der Waals surface area contributed by atoms with Gasteiger partial charge < -0.3 is 21.7 Å². The van der Waals surface area contributed by atoms with E-state index in [4.69, 9.17) is 11.5 Å². The Balaban J connectivity index is 2.61. The second-order valence-corrected chi connectivity index (χ2v) is 4.42. The van der Waals surface area contributed by atoms with Crippen LogP contribution in [0.15, 0.2) is 30.3 Å². The van der Waals surface area contributed by atoms with Crippen molar-refractivity contribution in [1.82, 2.24) is 0 Å². The summed E-state index contributed by atoms with van der Waals surface area (Å²) in [4.78, 5) is 22.1. The molecule has 104 valence electrons. The van der Waals surface area contributed by atoms with Crippen LogP contribution in [0.3, 0.4) is 0 Å². The quantitative estimate of drug-likeness (QED) is 0.485. The zero-order valence-electron chi connectivity index (χ0n) is 10.5. The van der Waals surface area contributed by atoms with Crippen LogP contribution in [0.1, 0.15) is 18.4 Å². The molecule has 0 radical (unpaired) electrons. The van der Waals surface area contributed by atoms with Gasteiger partial charge in [0.25, 0.3) is 11.7 Å². The van der Waals surface area contributed by atoms with Crippen LogP contribution in [0.2, 0.25) is 0 Å². The second-order valence-electron chi connectivity index (χ2n) is 4.42. The number of hydrogen-bond donors (Lipinski definition) is 4. The number of carbonyl (C=O) groups excluding carboxylic acids is 2. The average Bonchev–Trinajstić information content (AvgIpc) is 2.35. The maximum Gasteiger partial charge on any atom is 0.278 e. The van der Waals surface area contributed by atoms with E-state index in [0.717, 1.165) is 5.56 Å². The summed E-state index contributed by atoms with van der Waals surface area (Å²) < 4.78 is 0. The molecule has 6 nitrogen and oxygen atoms in total. The number of carbonyl (C=O) groups is 2. The van der Waals surface area contributed by atoms with Gasteiger partial charge in [0.1, 0.15) is 5.92 Å². The first-order chi connectivity index (χ1) is 8.85. The Morgan fingerprint density at radius 2 is 1.74 bits per heavy atom. The van der Waals surface area contributed by atoms with Crippen molar-refractivity contribution in [1.29, 1.82) is 0 Å². The molecule has 0 fully saturated rings. The smallest absolute Gasteiger partial charge is 0.278 e. The summed E-state index contributed by atoms with van der Waals surface area (Å²) in [7, 11) is 0. The number of nitrogens with two attached hydrogens (primary N) is 2. The molecule has 1 rings (SSSR count). The van der Waals surface area contributed by atoms with Crippen LogP contribution in [-0.4, -0.2) is 27.8 Å². The molecule has 1 aromatic rings. The predicted molar refractivity (Wildman–Crippen MR) is 68.4 cm³/mol.